The van der Waals surface area contributed by atoms with Gasteiger partial charge in [-0.3, -0.25) is 9.59 Å². The predicted octanol–water partition coefficient (Wildman–Crippen LogP) is 3.01. The van der Waals surface area contributed by atoms with Crippen molar-refractivity contribution in [1.82, 2.24) is 5.32 Å². The highest BCUT2D eigenvalue weighted by atomic mass is 35.5. The summed E-state index contributed by atoms with van der Waals surface area (Å²) in [7, 11) is 1.52. The van der Waals surface area contributed by atoms with Crippen LogP contribution in [0.4, 0.5) is 0 Å². The van der Waals surface area contributed by atoms with E-state index in [0.717, 1.165) is 12.0 Å². The van der Waals surface area contributed by atoms with Gasteiger partial charge in [-0.25, -0.2) is 0 Å². The number of carboxylic acids is 1. The Balaban J connectivity index is 2.00. The summed E-state index contributed by atoms with van der Waals surface area (Å²) >= 11 is 6.19. The number of carbonyl (C=O) groups is 2. The largest absolute Gasteiger partial charge is 0.493 e. The highest BCUT2D eigenvalue weighted by molar-refractivity contribution is 6.32. The second kappa shape index (κ2) is 7.75. The van der Waals surface area contributed by atoms with E-state index in [-0.39, 0.29) is 18.9 Å². The minimum Gasteiger partial charge on any atom is -0.493 e. The number of hydrogen-bond donors (Lipinski definition) is 2. The van der Waals surface area contributed by atoms with E-state index < -0.39 is 11.4 Å². The molecule has 0 aliphatic heterocycles. The smallest absolute Gasteiger partial charge is 0.310 e. The van der Waals surface area contributed by atoms with Gasteiger partial charge in [0, 0.05) is 13.0 Å². The minimum atomic E-state index is -0.894. The summed E-state index contributed by atoms with van der Waals surface area (Å²) < 4.78 is 10.7. The lowest BCUT2D eigenvalue weighted by molar-refractivity contribution is -0.157. The molecular formula is C17H22ClNO5. The predicted molar refractivity (Wildman–Crippen MR) is 89.6 cm³/mol. The third-order valence-electron chi connectivity index (χ3n) is 4.33. The zero-order valence-electron chi connectivity index (χ0n) is 13.9. The lowest BCUT2D eigenvalue weighted by Crippen LogP contribution is -2.42. The molecule has 1 aromatic rings. The van der Waals surface area contributed by atoms with Gasteiger partial charge in [0.15, 0.2) is 11.5 Å². The summed E-state index contributed by atoms with van der Waals surface area (Å²) in [6.07, 6.45) is 1.96. The maximum absolute atomic E-state index is 12.1. The molecule has 0 saturated heterocycles. The van der Waals surface area contributed by atoms with E-state index in [0.29, 0.717) is 36.0 Å². The van der Waals surface area contributed by atoms with Gasteiger partial charge in [0.05, 0.1) is 24.2 Å². The number of aliphatic carboxylic acids is 1. The zero-order chi connectivity index (χ0) is 17.7. The van der Waals surface area contributed by atoms with Crippen molar-refractivity contribution >= 4 is 23.5 Å². The van der Waals surface area contributed by atoms with Gasteiger partial charge in [0.1, 0.15) is 0 Å². The molecule has 2 rings (SSSR count). The molecule has 1 fully saturated rings. The summed E-state index contributed by atoms with van der Waals surface area (Å²) in [5, 5.41) is 12.4. The zero-order valence-corrected chi connectivity index (χ0v) is 14.6. The van der Waals surface area contributed by atoms with Gasteiger partial charge in [0.25, 0.3) is 0 Å². The summed E-state index contributed by atoms with van der Waals surface area (Å²) in [4.78, 5) is 23.4. The Morgan fingerprint density at radius 3 is 2.58 bits per heavy atom. The van der Waals surface area contributed by atoms with Crippen LogP contribution in [0.3, 0.4) is 0 Å². The van der Waals surface area contributed by atoms with E-state index in [1.165, 1.54) is 7.11 Å². The van der Waals surface area contributed by atoms with Gasteiger partial charge in [-0.1, -0.05) is 18.0 Å². The Hall–Kier alpha value is -1.95. The maximum atomic E-state index is 12.1. The SMILES string of the molecule is CCOc1c(Cl)cc(CNC(=O)CC2(C(=O)O)CCC2)cc1OC. The normalized spacial score (nSPS) is 15.3. The number of halogens is 1. The molecule has 24 heavy (non-hydrogen) atoms. The standard InChI is InChI=1S/C17H22ClNO5/c1-3-24-15-12(18)7-11(8-13(15)23-2)10-19-14(20)9-17(16(21)22)5-4-6-17/h7-8H,3-6,9-10H2,1-2H3,(H,19,20)(H,21,22). The van der Waals surface area contributed by atoms with Crippen LogP contribution in [-0.4, -0.2) is 30.7 Å². The first kappa shape index (κ1) is 18.4. The molecule has 2 N–H and O–H groups in total. The second-order valence-electron chi connectivity index (χ2n) is 5.93. The molecule has 0 unspecified atom stereocenters. The molecule has 6 nitrogen and oxygen atoms in total. The molecule has 0 atom stereocenters. The first-order valence-corrected chi connectivity index (χ1v) is 8.29. The molecule has 0 aromatic heterocycles. The summed E-state index contributed by atoms with van der Waals surface area (Å²) in [6, 6.07) is 3.44. The van der Waals surface area contributed by atoms with Crippen LogP contribution in [-0.2, 0) is 16.1 Å². The van der Waals surface area contributed by atoms with Crippen molar-refractivity contribution in [2.75, 3.05) is 13.7 Å². The first-order chi connectivity index (χ1) is 11.4. The van der Waals surface area contributed by atoms with E-state index in [1.54, 1.807) is 12.1 Å². The lowest BCUT2D eigenvalue weighted by atomic mass is 9.66. The summed E-state index contributed by atoms with van der Waals surface area (Å²) in [6.45, 7) is 2.56. The Bertz CT molecular complexity index is 628. The molecule has 0 heterocycles. The molecule has 132 valence electrons. The third-order valence-corrected chi connectivity index (χ3v) is 4.61. The highest BCUT2D eigenvalue weighted by Gasteiger charge is 2.45. The minimum absolute atomic E-state index is 0.00420. The number of rotatable bonds is 8. The molecule has 1 aliphatic carbocycles. The fourth-order valence-electron chi connectivity index (χ4n) is 2.80. The average molecular weight is 356 g/mol. The number of hydrogen-bond acceptors (Lipinski definition) is 4. The average Bonchev–Trinajstić information content (AvgIpc) is 2.50. The number of carbonyl (C=O) groups excluding carboxylic acids is 1. The maximum Gasteiger partial charge on any atom is 0.310 e. The van der Waals surface area contributed by atoms with Gasteiger partial charge in [-0.05, 0) is 37.5 Å². The number of nitrogens with one attached hydrogen (secondary N) is 1. The van der Waals surface area contributed by atoms with Crippen molar-refractivity contribution in [1.29, 1.82) is 0 Å². The quantitative estimate of drug-likeness (QED) is 0.748. The van der Waals surface area contributed by atoms with Crippen molar-refractivity contribution in [2.45, 2.75) is 39.2 Å². The topological polar surface area (TPSA) is 84.9 Å². The third kappa shape index (κ3) is 3.93. The van der Waals surface area contributed by atoms with E-state index in [4.69, 9.17) is 21.1 Å². The highest BCUT2D eigenvalue weighted by Crippen LogP contribution is 2.44. The molecule has 0 radical (unpaired) electrons. The van der Waals surface area contributed by atoms with Crippen molar-refractivity contribution in [3.63, 3.8) is 0 Å². The Morgan fingerprint density at radius 1 is 1.38 bits per heavy atom. The molecular weight excluding hydrogens is 334 g/mol. The fraction of sp³-hybridized carbons (Fsp3) is 0.529. The van der Waals surface area contributed by atoms with Crippen molar-refractivity contribution in [3.05, 3.63) is 22.7 Å². The van der Waals surface area contributed by atoms with Gasteiger partial charge < -0.3 is 19.9 Å². The Kier molecular flexibility index (Phi) is 5.94. The van der Waals surface area contributed by atoms with Crippen LogP contribution in [0.2, 0.25) is 5.02 Å². The number of methoxy groups -OCH3 is 1. The van der Waals surface area contributed by atoms with Gasteiger partial charge in [-0.15, -0.1) is 0 Å². The van der Waals surface area contributed by atoms with Crippen molar-refractivity contribution in [3.8, 4) is 11.5 Å². The molecule has 7 heteroatoms. The molecule has 1 amide bonds. The van der Waals surface area contributed by atoms with Gasteiger partial charge in [0.2, 0.25) is 5.91 Å². The van der Waals surface area contributed by atoms with Crippen molar-refractivity contribution in [2.24, 2.45) is 5.41 Å². The van der Waals surface area contributed by atoms with Gasteiger partial charge in [-0.2, -0.15) is 0 Å². The molecule has 0 bridgehead atoms. The lowest BCUT2D eigenvalue weighted by Gasteiger charge is -2.36. The first-order valence-electron chi connectivity index (χ1n) is 7.91. The molecule has 1 aromatic carbocycles. The Labute approximate surface area is 146 Å². The monoisotopic (exact) mass is 355 g/mol. The number of ether oxygens (including phenoxy) is 2. The van der Waals surface area contributed by atoms with Crippen LogP contribution in [0.5, 0.6) is 11.5 Å². The second-order valence-corrected chi connectivity index (χ2v) is 6.34. The fourth-order valence-corrected chi connectivity index (χ4v) is 3.09. The molecule has 1 aliphatic rings. The van der Waals surface area contributed by atoms with E-state index in [9.17, 15) is 14.7 Å². The van der Waals surface area contributed by atoms with Crippen LogP contribution in [0.25, 0.3) is 0 Å². The summed E-state index contributed by atoms with van der Waals surface area (Å²) in [5.74, 6) is -0.207. The molecule has 1 saturated carbocycles. The number of carboxylic acid groups (broad SMARTS) is 1. The van der Waals surface area contributed by atoms with E-state index >= 15 is 0 Å². The van der Waals surface area contributed by atoms with Crippen LogP contribution in [0.1, 0.15) is 38.2 Å². The summed E-state index contributed by atoms with van der Waals surface area (Å²) in [5.41, 5.74) is -0.134. The Morgan fingerprint density at radius 2 is 2.08 bits per heavy atom. The van der Waals surface area contributed by atoms with Crippen LogP contribution in [0, 0.1) is 5.41 Å². The van der Waals surface area contributed by atoms with Crippen LogP contribution < -0.4 is 14.8 Å². The van der Waals surface area contributed by atoms with Crippen molar-refractivity contribution < 1.29 is 24.2 Å². The van der Waals surface area contributed by atoms with E-state index in [2.05, 4.69) is 5.32 Å². The van der Waals surface area contributed by atoms with Gasteiger partial charge >= 0.3 is 5.97 Å². The number of benzene rings is 1. The van der Waals surface area contributed by atoms with Crippen LogP contribution >= 0.6 is 11.6 Å². The van der Waals surface area contributed by atoms with E-state index in [1.807, 2.05) is 6.92 Å². The number of amides is 1. The van der Waals surface area contributed by atoms with Crippen LogP contribution in [0.15, 0.2) is 12.1 Å². The molecule has 0 spiro atoms.